The van der Waals surface area contributed by atoms with Crippen LogP contribution in [0.5, 0.6) is 0 Å². The molecule has 2 N–H and O–H groups in total. The first-order valence-corrected chi connectivity index (χ1v) is 8.85. The monoisotopic (exact) mass is 397 g/mol. The quantitative estimate of drug-likeness (QED) is 0.359. The lowest BCUT2D eigenvalue weighted by Gasteiger charge is -2.21. The average molecular weight is 397 g/mol. The molecule has 0 saturated carbocycles. The maximum absolute atomic E-state index is 12.6. The molecule has 11 nitrogen and oxygen atoms in total. The second kappa shape index (κ2) is 7.97. The summed E-state index contributed by atoms with van der Waals surface area (Å²) in [4.78, 5) is 62.9. The molecule has 1 fully saturated rings. The molecule has 1 aromatic heterocycles. The zero-order valence-electron chi connectivity index (χ0n) is 16.3. The van der Waals surface area contributed by atoms with E-state index in [1.807, 2.05) is 0 Å². The van der Waals surface area contributed by atoms with E-state index < -0.39 is 45.5 Å². The molecule has 154 valence electrons. The summed E-state index contributed by atoms with van der Waals surface area (Å²) in [5.41, 5.74) is -2.11. The first kappa shape index (κ1) is 21.4. The van der Waals surface area contributed by atoms with Crippen LogP contribution in [0.4, 0.5) is 4.79 Å². The molecule has 0 radical (unpaired) electrons. The van der Waals surface area contributed by atoms with E-state index >= 15 is 0 Å². The molecule has 0 spiro atoms. The highest BCUT2D eigenvalue weighted by atomic mass is 16.6. The van der Waals surface area contributed by atoms with E-state index in [1.54, 1.807) is 27.7 Å². The number of hydrogen-bond donors (Lipinski definition) is 2. The molecule has 1 aliphatic rings. The number of ether oxygens (including phenoxy) is 2. The third-order valence-corrected chi connectivity index (χ3v) is 4.09. The standard InChI is InChI=1S/C17H24N4O7/c1-5-27-12(23)10-21(9-8-19-16(26)28-17(2,3)4)13(14(21)24)20-11(22)6-7-18-15(20)25/h6-7,13H,5,8-10H2,1-4H3,(H-,18,19,22,25,26)/p+1. The molecule has 1 saturated heterocycles. The molecule has 0 aromatic carbocycles. The topological polar surface area (TPSA) is 137 Å². The molecule has 0 aliphatic carbocycles. The molecule has 1 aromatic rings. The van der Waals surface area contributed by atoms with Crippen LogP contribution in [0, 0.1) is 0 Å². The van der Waals surface area contributed by atoms with Crippen LogP contribution in [0.3, 0.4) is 0 Å². The molecular weight excluding hydrogens is 372 g/mol. The van der Waals surface area contributed by atoms with Crippen molar-refractivity contribution in [1.29, 1.82) is 0 Å². The Bertz CT molecular complexity index is 854. The summed E-state index contributed by atoms with van der Waals surface area (Å²) < 4.78 is 10.3. The summed E-state index contributed by atoms with van der Waals surface area (Å²) in [7, 11) is 0. The minimum absolute atomic E-state index is 0.00392. The van der Waals surface area contributed by atoms with Crippen LogP contribution >= 0.6 is 0 Å². The summed E-state index contributed by atoms with van der Waals surface area (Å²) in [6.45, 7) is 6.50. The Morgan fingerprint density at radius 1 is 1.29 bits per heavy atom. The average Bonchev–Trinajstić information content (AvgIpc) is 3.09. The van der Waals surface area contributed by atoms with Gasteiger partial charge in [-0.3, -0.25) is 4.79 Å². The number of rotatable bonds is 7. The normalized spacial score (nSPS) is 21.1. The van der Waals surface area contributed by atoms with Crippen molar-refractivity contribution in [3.8, 4) is 0 Å². The molecule has 2 amide bonds. The van der Waals surface area contributed by atoms with Crippen LogP contribution in [0.15, 0.2) is 21.9 Å². The molecule has 1 aliphatic heterocycles. The Balaban J connectivity index is 2.20. The lowest BCUT2D eigenvalue weighted by molar-refractivity contribution is -0.779. The van der Waals surface area contributed by atoms with Gasteiger partial charge in [0.15, 0.2) is 6.54 Å². The maximum Gasteiger partial charge on any atom is 0.407 e. The van der Waals surface area contributed by atoms with Crippen LogP contribution < -0.4 is 16.6 Å². The number of carbonyl (C=O) groups excluding carboxylic acids is 3. The van der Waals surface area contributed by atoms with E-state index in [2.05, 4.69) is 10.3 Å². The second-order valence-electron chi connectivity index (χ2n) is 7.35. The van der Waals surface area contributed by atoms with Crippen molar-refractivity contribution < 1.29 is 28.3 Å². The predicted molar refractivity (Wildman–Crippen MR) is 96.2 cm³/mol. The lowest BCUT2D eigenvalue weighted by atomic mass is 10.2. The summed E-state index contributed by atoms with van der Waals surface area (Å²) in [5, 5.41) is 2.51. The van der Waals surface area contributed by atoms with Crippen molar-refractivity contribution in [3.05, 3.63) is 33.1 Å². The van der Waals surface area contributed by atoms with Crippen LogP contribution in [-0.4, -0.2) is 63.8 Å². The number of hydrogen-bond acceptors (Lipinski definition) is 7. The van der Waals surface area contributed by atoms with Crippen LogP contribution in [-0.2, 0) is 19.1 Å². The summed E-state index contributed by atoms with van der Waals surface area (Å²) in [6.07, 6.45) is -0.650. The SMILES string of the molecule is CCOC(=O)C[N+]1(CCNC(=O)OC(C)(C)C)C(=O)C1n1c(=O)cc[nH]c1=O. The number of nitrogens with zero attached hydrogens (tertiary/aromatic N) is 2. The molecule has 28 heavy (non-hydrogen) atoms. The van der Waals surface area contributed by atoms with Crippen molar-refractivity contribution in [3.63, 3.8) is 0 Å². The van der Waals surface area contributed by atoms with Gasteiger partial charge in [0.25, 0.3) is 11.7 Å². The van der Waals surface area contributed by atoms with Gasteiger partial charge in [0, 0.05) is 12.3 Å². The van der Waals surface area contributed by atoms with Gasteiger partial charge in [0.1, 0.15) is 12.1 Å². The molecule has 11 heteroatoms. The first-order valence-electron chi connectivity index (χ1n) is 8.85. The number of esters is 1. The summed E-state index contributed by atoms with van der Waals surface area (Å²) in [6, 6.07) is 1.12. The minimum atomic E-state index is -1.15. The van der Waals surface area contributed by atoms with Crippen molar-refractivity contribution in [1.82, 2.24) is 14.9 Å². The van der Waals surface area contributed by atoms with Crippen LogP contribution in [0.25, 0.3) is 0 Å². The zero-order chi connectivity index (χ0) is 21.1. The van der Waals surface area contributed by atoms with Gasteiger partial charge in [0.05, 0.1) is 13.2 Å². The van der Waals surface area contributed by atoms with Gasteiger partial charge in [-0.1, -0.05) is 0 Å². The van der Waals surface area contributed by atoms with Gasteiger partial charge in [-0.2, -0.15) is 4.57 Å². The van der Waals surface area contributed by atoms with E-state index in [9.17, 15) is 24.0 Å². The fourth-order valence-corrected chi connectivity index (χ4v) is 2.90. The number of carbonyl (C=O) groups is 3. The van der Waals surface area contributed by atoms with Crippen LogP contribution in [0.2, 0.25) is 0 Å². The number of quaternary nitrogens is 1. The zero-order valence-corrected chi connectivity index (χ0v) is 16.3. The highest BCUT2D eigenvalue weighted by Gasteiger charge is 2.71. The Morgan fingerprint density at radius 2 is 1.96 bits per heavy atom. The van der Waals surface area contributed by atoms with Crippen LogP contribution in [0.1, 0.15) is 33.9 Å². The molecule has 2 heterocycles. The summed E-state index contributed by atoms with van der Waals surface area (Å²) in [5.74, 6) is -1.13. The number of amides is 2. The highest BCUT2D eigenvalue weighted by molar-refractivity contribution is 5.87. The Morgan fingerprint density at radius 3 is 2.54 bits per heavy atom. The highest BCUT2D eigenvalue weighted by Crippen LogP contribution is 2.40. The smallest absolute Gasteiger partial charge is 0.407 e. The number of nitrogens with one attached hydrogen (secondary N) is 2. The van der Waals surface area contributed by atoms with Gasteiger partial charge < -0.3 is 19.8 Å². The van der Waals surface area contributed by atoms with E-state index in [0.717, 1.165) is 10.6 Å². The Hall–Kier alpha value is -2.95. The van der Waals surface area contributed by atoms with E-state index in [1.165, 1.54) is 6.20 Å². The van der Waals surface area contributed by atoms with Gasteiger partial charge >= 0.3 is 23.7 Å². The first-order chi connectivity index (χ1) is 13.0. The molecule has 2 unspecified atom stereocenters. The number of H-pyrrole nitrogens is 1. The van der Waals surface area contributed by atoms with Gasteiger partial charge in [-0.25, -0.2) is 23.7 Å². The van der Waals surface area contributed by atoms with E-state index in [0.29, 0.717) is 0 Å². The molecule has 0 bridgehead atoms. The fraction of sp³-hybridized carbons (Fsp3) is 0.588. The minimum Gasteiger partial charge on any atom is -0.462 e. The van der Waals surface area contributed by atoms with Crippen molar-refractivity contribution in [2.24, 2.45) is 0 Å². The molecule has 2 rings (SSSR count). The van der Waals surface area contributed by atoms with Crippen molar-refractivity contribution in [2.45, 2.75) is 39.5 Å². The van der Waals surface area contributed by atoms with Gasteiger partial charge in [-0.05, 0) is 27.7 Å². The second-order valence-corrected chi connectivity index (χ2v) is 7.35. The molecular formula is C17H25N4O7+. The number of alkyl carbamates (subject to hydrolysis) is 1. The maximum atomic E-state index is 12.6. The van der Waals surface area contributed by atoms with Crippen molar-refractivity contribution >= 4 is 18.0 Å². The van der Waals surface area contributed by atoms with E-state index in [4.69, 9.17) is 9.47 Å². The summed E-state index contributed by atoms with van der Waals surface area (Å²) >= 11 is 0. The third-order valence-electron chi connectivity index (χ3n) is 4.09. The Labute approximate surface area is 160 Å². The largest absolute Gasteiger partial charge is 0.462 e. The third kappa shape index (κ3) is 4.66. The Kier molecular flexibility index (Phi) is 6.07. The molecule has 2 atom stereocenters. The van der Waals surface area contributed by atoms with Gasteiger partial charge in [0.2, 0.25) is 0 Å². The van der Waals surface area contributed by atoms with Crippen molar-refractivity contribution in [2.75, 3.05) is 26.2 Å². The predicted octanol–water partition coefficient (Wildman–Crippen LogP) is -0.520. The number of aromatic amines is 1. The fourth-order valence-electron chi connectivity index (χ4n) is 2.90. The van der Waals surface area contributed by atoms with E-state index in [-0.39, 0.29) is 26.2 Å². The van der Waals surface area contributed by atoms with Gasteiger partial charge in [-0.15, -0.1) is 0 Å². The number of aromatic nitrogens is 2. The lowest BCUT2D eigenvalue weighted by Crippen LogP contribution is -2.45.